The molecule has 0 aliphatic heterocycles. The van der Waals surface area contributed by atoms with Crippen molar-refractivity contribution in [2.75, 3.05) is 13.2 Å². The van der Waals surface area contributed by atoms with Crippen molar-refractivity contribution in [2.24, 2.45) is 0 Å². The van der Waals surface area contributed by atoms with Gasteiger partial charge in [-0.3, -0.25) is 0 Å². The molecule has 2 aromatic rings. The van der Waals surface area contributed by atoms with Crippen LogP contribution >= 0.6 is 0 Å². The molecule has 3 rings (SSSR count). The van der Waals surface area contributed by atoms with E-state index >= 15 is 8.78 Å². The molecule has 0 saturated heterocycles. The first-order chi connectivity index (χ1) is 15.9. The molecular weight excluding hydrogens is 425 g/mol. The average Bonchev–Trinajstić information content (AvgIpc) is 2.80. The van der Waals surface area contributed by atoms with Gasteiger partial charge in [-0.2, -0.15) is 0 Å². The number of unbranched alkanes of at least 4 members (excludes halogenated alkanes) is 6. The SMILES string of the molecule is CCCCCCOc1ccc2c(c1)CC(F)(F)c1cc(OC[C@@H](F)CCCCCC)ccc1-2. The minimum atomic E-state index is -3.02. The van der Waals surface area contributed by atoms with Gasteiger partial charge in [0.2, 0.25) is 0 Å². The van der Waals surface area contributed by atoms with Crippen molar-refractivity contribution in [1.29, 1.82) is 0 Å². The third-order valence-electron chi connectivity index (χ3n) is 6.23. The molecule has 0 aromatic heterocycles. The number of rotatable bonds is 14. The van der Waals surface area contributed by atoms with E-state index in [2.05, 4.69) is 13.8 Å². The van der Waals surface area contributed by atoms with Gasteiger partial charge < -0.3 is 9.47 Å². The second kappa shape index (κ2) is 12.3. The molecule has 5 heteroatoms. The van der Waals surface area contributed by atoms with Crippen molar-refractivity contribution in [1.82, 2.24) is 0 Å². The second-order valence-corrected chi connectivity index (χ2v) is 9.07. The number of benzene rings is 2. The molecule has 1 atom stereocenters. The maximum absolute atomic E-state index is 15.0. The highest BCUT2D eigenvalue weighted by Crippen LogP contribution is 2.47. The van der Waals surface area contributed by atoms with E-state index < -0.39 is 12.1 Å². The van der Waals surface area contributed by atoms with Crippen molar-refractivity contribution in [3.8, 4) is 22.6 Å². The Bertz CT molecular complexity index is 881. The molecule has 2 aromatic carbocycles. The topological polar surface area (TPSA) is 18.5 Å². The monoisotopic (exact) mass is 462 g/mol. The van der Waals surface area contributed by atoms with Crippen LogP contribution in [0.2, 0.25) is 0 Å². The van der Waals surface area contributed by atoms with Crippen molar-refractivity contribution < 1.29 is 22.6 Å². The predicted octanol–water partition coefficient (Wildman–Crippen LogP) is 8.65. The highest BCUT2D eigenvalue weighted by atomic mass is 19.3. The van der Waals surface area contributed by atoms with E-state index in [0.29, 0.717) is 35.7 Å². The summed E-state index contributed by atoms with van der Waals surface area (Å²) in [6.07, 6.45) is 7.42. The molecule has 0 saturated carbocycles. The van der Waals surface area contributed by atoms with Gasteiger partial charge in [0.15, 0.2) is 0 Å². The van der Waals surface area contributed by atoms with Crippen LogP contribution in [0.15, 0.2) is 36.4 Å². The number of fused-ring (bicyclic) bond motifs is 3. The van der Waals surface area contributed by atoms with E-state index in [0.717, 1.165) is 50.5 Å². The van der Waals surface area contributed by atoms with E-state index in [1.807, 2.05) is 12.1 Å². The van der Waals surface area contributed by atoms with Gasteiger partial charge in [0.1, 0.15) is 24.3 Å². The van der Waals surface area contributed by atoms with Crippen LogP contribution in [0.3, 0.4) is 0 Å². The molecule has 0 spiro atoms. The lowest BCUT2D eigenvalue weighted by molar-refractivity contribution is -0.00510. The molecule has 1 aliphatic carbocycles. The predicted molar refractivity (Wildman–Crippen MR) is 128 cm³/mol. The summed E-state index contributed by atoms with van der Waals surface area (Å²) in [6.45, 7) is 4.76. The third kappa shape index (κ3) is 7.15. The summed E-state index contributed by atoms with van der Waals surface area (Å²) in [6, 6.07) is 10.1. The zero-order valence-electron chi connectivity index (χ0n) is 20.0. The number of ether oxygens (including phenoxy) is 2. The van der Waals surface area contributed by atoms with Gasteiger partial charge in [-0.05, 0) is 53.8 Å². The van der Waals surface area contributed by atoms with Crippen LogP contribution in [0.5, 0.6) is 11.5 Å². The Morgan fingerprint density at radius 3 is 2.21 bits per heavy atom. The van der Waals surface area contributed by atoms with E-state index in [1.54, 1.807) is 18.2 Å². The minimum absolute atomic E-state index is 0.0564. The average molecular weight is 463 g/mol. The van der Waals surface area contributed by atoms with Crippen LogP contribution in [0.25, 0.3) is 11.1 Å². The van der Waals surface area contributed by atoms with Gasteiger partial charge >= 0.3 is 0 Å². The molecule has 0 unspecified atom stereocenters. The number of hydrogen-bond acceptors (Lipinski definition) is 2. The first-order valence-corrected chi connectivity index (χ1v) is 12.5. The first-order valence-electron chi connectivity index (χ1n) is 12.5. The molecule has 0 amide bonds. The van der Waals surface area contributed by atoms with E-state index in [-0.39, 0.29) is 18.6 Å². The summed E-state index contributed by atoms with van der Waals surface area (Å²) in [5, 5.41) is 0. The van der Waals surface area contributed by atoms with Gasteiger partial charge in [-0.15, -0.1) is 0 Å². The highest BCUT2D eigenvalue weighted by Gasteiger charge is 2.39. The van der Waals surface area contributed by atoms with Crippen molar-refractivity contribution in [3.63, 3.8) is 0 Å². The van der Waals surface area contributed by atoms with Crippen LogP contribution in [-0.4, -0.2) is 19.4 Å². The molecule has 33 heavy (non-hydrogen) atoms. The molecular formula is C28H37F3O2. The molecule has 0 heterocycles. The van der Waals surface area contributed by atoms with Crippen LogP contribution in [0.4, 0.5) is 13.2 Å². The fraction of sp³-hybridized carbons (Fsp3) is 0.571. The minimum Gasteiger partial charge on any atom is -0.494 e. The highest BCUT2D eigenvalue weighted by molar-refractivity contribution is 5.75. The zero-order chi connectivity index (χ0) is 23.7. The quantitative estimate of drug-likeness (QED) is 0.262. The summed E-state index contributed by atoms with van der Waals surface area (Å²) >= 11 is 0. The molecule has 2 nitrogen and oxygen atoms in total. The lowest BCUT2D eigenvalue weighted by Crippen LogP contribution is -2.23. The van der Waals surface area contributed by atoms with Crippen LogP contribution in [-0.2, 0) is 12.3 Å². The Morgan fingerprint density at radius 2 is 1.48 bits per heavy atom. The molecule has 1 aliphatic rings. The third-order valence-corrected chi connectivity index (χ3v) is 6.23. The fourth-order valence-corrected chi connectivity index (χ4v) is 4.34. The normalized spacial score (nSPS) is 14.9. The van der Waals surface area contributed by atoms with E-state index in [4.69, 9.17) is 9.47 Å². The zero-order valence-corrected chi connectivity index (χ0v) is 20.0. The van der Waals surface area contributed by atoms with Crippen molar-refractivity contribution in [3.05, 3.63) is 47.5 Å². The Hall–Kier alpha value is -2.17. The standard InChI is InChI=1S/C28H37F3O2/c1-3-5-7-9-11-22(29)20-33-24-13-15-26-25-14-12-23(32-16-10-8-6-4-2)17-21(25)19-28(30,31)27(26)18-24/h12-15,17-18,22H,3-11,16,19-20H2,1-2H3/t22-/m0/s1. The maximum atomic E-state index is 15.0. The van der Waals surface area contributed by atoms with Crippen LogP contribution < -0.4 is 9.47 Å². The van der Waals surface area contributed by atoms with Crippen LogP contribution in [0, 0.1) is 0 Å². The maximum Gasteiger partial charge on any atom is 0.277 e. The molecule has 0 N–H and O–H groups in total. The van der Waals surface area contributed by atoms with Crippen molar-refractivity contribution >= 4 is 0 Å². The fourth-order valence-electron chi connectivity index (χ4n) is 4.34. The van der Waals surface area contributed by atoms with E-state index in [9.17, 15) is 4.39 Å². The molecule has 0 fully saturated rings. The van der Waals surface area contributed by atoms with Crippen molar-refractivity contribution in [2.45, 2.75) is 90.1 Å². The Morgan fingerprint density at radius 1 is 0.818 bits per heavy atom. The Labute approximate surface area is 196 Å². The summed E-state index contributed by atoms with van der Waals surface area (Å²) < 4.78 is 55.5. The lowest BCUT2D eigenvalue weighted by atomic mass is 9.83. The first kappa shape index (κ1) is 25.5. The van der Waals surface area contributed by atoms with Gasteiger partial charge in [0, 0.05) is 12.0 Å². The van der Waals surface area contributed by atoms with Gasteiger partial charge in [0.25, 0.3) is 5.92 Å². The molecule has 0 radical (unpaired) electrons. The van der Waals surface area contributed by atoms with Gasteiger partial charge in [0.05, 0.1) is 6.61 Å². The van der Waals surface area contributed by atoms with E-state index in [1.165, 1.54) is 12.5 Å². The number of alkyl halides is 3. The lowest BCUT2D eigenvalue weighted by Gasteiger charge is -2.28. The molecule has 0 bridgehead atoms. The smallest absolute Gasteiger partial charge is 0.277 e. The molecule has 182 valence electrons. The van der Waals surface area contributed by atoms with Gasteiger partial charge in [-0.1, -0.05) is 70.9 Å². The van der Waals surface area contributed by atoms with Crippen LogP contribution in [0.1, 0.15) is 82.8 Å². The second-order valence-electron chi connectivity index (χ2n) is 9.07. The number of hydrogen-bond donors (Lipinski definition) is 0. The largest absolute Gasteiger partial charge is 0.494 e. The summed E-state index contributed by atoms with van der Waals surface area (Å²) in [5.74, 6) is -2.09. The summed E-state index contributed by atoms with van der Waals surface area (Å²) in [5.41, 5.74) is 1.82. The summed E-state index contributed by atoms with van der Waals surface area (Å²) in [4.78, 5) is 0. The number of halogens is 3. The Kier molecular flexibility index (Phi) is 9.52. The Balaban J connectivity index is 1.65. The van der Waals surface area contributed by atoms with Gasteiger partial charge in [-0.25, -0.2) is 13.2 Å². The summed E-state index contributed by atoms with van der Waals surface area (Å²) in [7, 11) is 0.